The van der Waals surface area contributed by atoms with E-state index in [0.29, 0.717) is 137 Å². The van der Waals surface area contributed by atoms with Crippen LogP contribution in [0, 0.1) is 29.1 Å². The number of carboxylic acids is 1. The van der Waals surface area contributed by atoms with Crippen LogP contribution in [-0.4, -0.2) is 171 Å². The number of carbonyl (C=O) groups excluding carboxylic acids is 3. The summed E-state index contributed by atoms with van der Waals surface area (Å²) in [5.41, 5.74) is 24.6. The molecule has 728 valence electrons. The molecule has 3 fully saturated rings. The number of nitrogens with zero attached hydrogens (tertiary/aromatic N) is 17. The van der Waals surface area contributed by atoms with Crippen molar-refractivity contribution < 1.29 is 74.1 Å². The molecule has 29 nitrogen and oxygen atoms in total. The van der Waals surface area contributed by atoms with Crippen LogP contribution in [0.3, 0.4) is 0 Å². The fraction of sp³-hybridized carbons (Fsp3) is 0.193. The lowest BCUT2D eigenvalue weighted by molar-refractivity contribution is 0.0303. The summed E-state index contributed by atoms with van der Waals surface area (Å²) in [6.07, 6.45) is 4.21. The number of carboxylic acid groups (broad SMARTS) is 1. The van der Waals surface area contributed by atoms with E-state index in [0.717, 1.165) is 144 Å². The second kappa shape index (κ2) is 44.3. The van der Waals surface area contributed by atoms with Gasteiger partial charge in [-0.25, -0.2) is 49.9 Å². The van der Waals surface area contributed by atoms with E-state index >= 15 is 0 Å². The van der Waals surface area contributed by atoms with Crippen molar-refractivity contribution in [1.29, 1.82) is 0 Å². The minimum Gasteiger partial charge on any atom is -0.478 e. The number of hydrogen-bond acceptors (Lipinski definition) is 25. The maximum absolute atomic E-state index is 13.3. The fourth-order valence-corrected chi connectivity index (χ4v) is 17.5. The van der Waals surface area contributed by atoms with Crippen molar-refractivity contribution in [3.05, 3.63) is 363 Å². The van der Waals surface area contributed by atoms with E-state index in [1.807, 2.05) is 209 Å². The molecule has 22 rings (SSSR count). The zero-order valence-corrected chi connectivity index (χ0v) is 80.2. The highest BCUT2D eigenvalue weighted by Crippen LogP contribution is 2.40. The van der Waals surface area contributed by atoms with E-state index in [2.05, 4.69) is 72.8 Å². The van der Waals surface area contributed by atoms with Crippen molar-refractivity contribution in [2.75, 3.05) is 99.1 Å². The second-order valence-corrected chi connectivity index (χ2v) is 36.2. The van der Waals surface area contributed by atoms with Crippen LogP contribution in [0.25, 0.3) is 99.7 Å². The Morgan fingerprint density at radius 1 is 0.326 bits per heavy atom. The molecule has 1 saturated carbocycles. The van der Waals surface area contributed by atoms with Crippen LogP contribution >= 0.6 is 15.9 Å². The lowest BCUT2D eigenvalue weighted by Gasteiger charge is -2.27. The molecule has 2 aliphatic heterocycles. The molecule has 144 heavy (non-hydrogen) atoms. The van der Waals surface area contributed by atoms with Gasteiger partial charge in [0.25, 0.3) is 17.7 Å². The molecule has 1 aliphatic carbocycles. The summed E-state index contributed by atoms with van der Waals surface area (Å²) in [5.74, 6) is -2.27. The molecule has 0 radical (unpaired) electrons. The van der Waals surface area contributed by atoms with Gasteiger partial charge < -0.3 is 49.5 Å². The van der Waals surface area contributed by atoms with Gasteiger partial charge in [0.2, 0.25) is 0 Å². The number of morpholine rings is 1. The van der Waals surface area contributed by atoms with Crippen LogP contribution in [-0.2, 0) is 37.5 Å². The van der Waals surface area contributed by atoms with Gasteiger partial charge in [-0.3, -0.25) is 14.4 Å². The van der Waals surface area contributed by atoms with Crippen LogP contribution in [0.2, 0.25) is 0 Å². The van der Waals surface area contributed by atoms with Gasteiger partial charge >= 0.3 is 5.97 Å². The first-order valence-corrected chi connectivity index (χ1v) is 47.0. The second-order valence-electron chi connectivity index (χ2n) is 35.3. The Hall–Kier alpha value is -17.0. The van der Waals surface area contributed by atoms with Gasteiger partial charge in [-0.1, -0.05) is 125 Å². The van der Waals surface area contributed by atoms with Gasteiger partial charge in [-0.05, 0) is 319 Å². The van der Waals surface area contributed by atoms with Gasteiger partial charge in [0.1, 0.15) is 56.7 Å². The van der Waals surface area contributed by atoms with Gasteiger partial charge in [0.15, 0.2) is 27.6 Å². The number of likely N-dealkylation sites (tertiary alicyclic amines) is 1. The summed E-state index contributed by atoms with van der Waals surface area (Å²) < 4.78 is 96.8. The largest absolute Gasteiger partial charge is 0.478 e. The summed E-state index contributed by atoms with van der Waals surface area (Å²) in [6.45, 7) is 6.80. The number of halogens is 6. The number of carbonyl (C=O) groups is 4. The fourth-order valence-electron chi connectivity index (χ4n) is 17.1. The Bertz CT molecular complexity index is 7800. The molecule has 2 N–H and O–H groups in total. The zero-order valence-electron chi connectivity index (χ0n) is 78.6. The van der Waals surface area contributed by atoms with Crippen LogP contribution < -0.4 is 29.8 Å². The van der Waals surface area contributed by atoms with Crippen molar-refractivity contribution in [1.82, 2.24) is 66.7 Å². The number of rotatable bonds is 24. The van der Waals surface area contributed by atoms with E-state index in [-0.39, 0.29) is 52.4 Å². The minimum atomic E-state index is -0.986. The topological polar surface area (TPSA) is 327 Å². The van der Waals surface area contributed by atoms with Crippen molar-refractivity contribution >= 4 is 123 Å². The predicted octanol–water partition coefficient (Wildman–Crippen LogP) is 21.7. The molecule has 7 heterocycles. The van der Waals surface area contributed by atoms with Crippen molar-refractivity contribution in [2.24, 2.45) is 0 Å². The molecule has 14 aromatic carbocycles. The molecule has 3 amide bonds. The predicted molar refractivity (Wildman–Crippen MR) is 540 cm³/mol. The summed E-state index contributed by atoms with van der Waals surface area (Å²) >= 11 is 3.45. The zero-order chi connectivity index (χ0) is 100. The standard InChI is InChI=1S/C25H23FN4O3.C25H23FN4O2.C24H21FN4O2.C21H16FN3O3.C14H11BrFN3O/c1-29(16-17-5-7-21(26)8-6-17)23-15-20(14-22-24(23)28-33-27-22)18-3-2-4-19(13-18)25(31)30-9-11-32-12-10-30;1-29(16-17-7-9-21(26)10-8-17)23-15-20(14-22-24(23)28-32-27-22)18-5-4-6-19(13-18)25(31)30-11-2-3-12-30;1-29(14-15-5-7-19(25)8-6-15)22-13-18(12-21-23(22)28-31-27-21)16-3-2-4-17(11-16)24(30)26-20-9-10-20;1-25(12-13-5-7-17(22)8-6-13)19-11-16(10-18-20(19)24-28-23-18)14-3-2-4-15(9-14)21(26)27;1-19(8-9-2-4-11(16)5-3-9)13-7-10(15)6-12-14(13)18-20-17-12/h2-8,13-15H,9-12,16H2,1H3;4-10,13-15H,2-3,11-12,16H2,1H3;2-8,11-13,20H,9-10,14H2,1H3,(H,26,30);2-11H,12H2,1H3,(H,26,27);2-7H,8H2,1H3. The Kier molecular flexibility index (Phi) is 29.9. The van der Waals surface area contributed by atoms with Crippen LogP contribution in [0.5, 0.6) is 0 Å². The highest BCUT2D eigenvalue weighted by Gasteiger charge is 2.28. The summed E-state index contributed by atoms with van der Waals surface area (Å²) in [4.78, 5) is 63.3. The number of aromatic carboxylic acids is 1. The smallest absolute Gasteiger partial charge is 0.335 e. The Balaban J connectivity index is 0.000000119. The third kappa shape index (κ3) is 23.7. The first kappa shape index (κ1) is 97.3. The lowest BCUT2D eigenvalue weighted by atomic mass is 10.0. The Morgan fingerprint density at radius 3 is 0.889 bits per heavy atom. The molecule has 0 atom stereocenters. The van der Waals surface area contributed by atoms with Crippen LogP contribution in [0.4, 0.5) is 50.4 Å². The van der Waals surface area contributed by atoms with E-state index < -0.39 is 5.97 Å². The average molecular weight is 2010 g/mol. The molecule has 5 aromatic heterocycles. The van der Waals surface area contributed by atoms with Gasteiger partial charge in [-0.2, -0.15) is 0 Å². The Labute approximate surface area is 830 Å². The third-order valence-corrected chi connectivity index (χ3v) is 25.2. The molecule has 0 bridgehead atoms. The Morgan fingerprint density at radius 2 is 0.590 bits per heavy atom. The first-order chi connectivity index (χ1) is 69.9. The molecule has 3 aliphatic rings. The van der Waals surface area contributed by atoms with E-state index in [1.54, 1.807) is 78.9 Å². The quantitative estimate of drug-likeness (QED) is 0.0531. The number of anilines is 5. The summed E-state index contributed by atoms with van der Waals surface area (Å²) in [5, 5.41) is 52.3. The molecular formula is C109H94BrF5N18O11. The maximum Gasteiger partial charge on any atom is 0.335 e. The molecule has 0 unspecified atom stereocenters. The van der Waals surface area contributed by atoms with Crippen molar-refractivity contribution in [3.63, 3.8) is 0 Å². The SMILES string of the molecule is CN(Cc1ccc(F)cc1)c1cc(-c2cccc(C(=O)N3CCCC3)c2)cc2nonc12.CN(Cc1ccc(F)cc1)c1cc(-c2cccc(C(=O)N3CCOCC3)c2)cc2nonc12.CN(Cc1ccc(F)cc1)c1cc(-c2cccc(C(=O)NC3CC3)c2)cc2nonc12.CN(Cc1ccc(F)cc1)c1cc(-c2cccc(C(=O)O)c2)cc2nonc12.CN(Cc1ccc(F)cc1)c1cc(Br)cc2nonc12. The molecular weight excluding hydrogens is 1910 g/mol. The number of nitrogens with one attached hydrogen (secondary N) is 1. The number of aromatic nitrogens is 10. The van der Waals surface area contributed by atoms with Crippen LogP contribution in [0.1, 0.15) is 94.9 Å². The summed E-state index contributed by atoms with van der Waals surface area (Å²) in [7, 11) is 9.67. The first-order valence-electron chi connectivity index (χ1n) is 46.2. The lowest BCUT2D eigenvalue weighted by Crippen LogP contribution is -2.40. The normalized spacial score (nSPS) is 12.7. The number of hydrogen-bond donors (Lipinski definition) is 2. The summed E-state index contributed by atoms with van der Waals surface area (Å²) in [6, 6.07) is 81.1. The van der Waals surface area contributed by atoms with Gasteiger partial charge in [-0.15, -0.1) is 0 Å². The number of amides is 3. The van der Waals surface area contributed by atoms with Crippen molar-refractivity contribution in [3.8, 4) is 44.5 Å². The highest BCUT2D eigenvalue weighted by molar-refractivity contribution is 9.10. The maximum atomic E-state index is 13.3. The molecule has 35 heteroatoms. The van der Waals surface area contributed by atoms with Gasteiger partial charge in [0, 0.05) is 121 Å². The number of benzene rings is 14. The molecule has 19 aromatic rings. The number of ether oxygens (including phenoxy) is 1. The molecule has 2 saturated heterocycles. The number of fused-ring (bicyclic) bond motifs is 5. The highest BCUT2D eigenvalue weighted by atomic mass is 79.9. The van der Waals surface area contributed by atoms with Gasteiger partial charge in [0.05, 0.1) is 47.2 Å². The van der Waals surface area contributed by atoms with Crippen LogP contribution in [0.15, 0.2) is 307 Å². The van der Waals surface area contributed by atoms with E-state index in [4.69, 9.17) is 27.9 Å². The minimum absolute atomic E-state index is 0.00187. The van der Waals surface area contributed by atoms with Crippen molar-refractivity contribution in [2.45, 2.75) is 64.4 Å². The van der Waals surface area contributed by atoms with E-state index in [9.17, 15) is 46.2 Å². The average Bonchev–Trinajstić information content (AvgIpc) is 1.56. The molecule has 0 spiro atoms. The third-order valence-electron chi connectivity index (χ3n) is 24.8. The van der Waals surface area contributed by atoms with E-state index in [1.165, 1.54) is 60.7 Å². The monoisotopic (exact) mass is 2000 g/mol.